The van der Waals surface area contributed by atoms with E-state index in [2.05, 4.69) is 47.1 Å². The summed E-state index contributed by atoms with van der Waals surface area (Å²) in [6.45, 7) is 7.25. The van der Waals surface area contributed by atoms with E-state index in [-0.39, 0.29) is 11.5 Å². The molecule has 0 aliphatic carbocycles. The SMILES string of the molecule is Cc1cccc(N2CCN(C(=O)CCc3cc4cc(C)ccc4[nH]c3=O)CC2)c1. The van der Waals surface area contributed by atoms with Gasteiger partial charge in [-0.1, -0.05) is 23.8 Å². The van der Waals surface area contributed by atoms with E-state index in [0.717, 1.165) is 42.6 Å². The summed E-state index contributed by atoms with van der Waals surface area (Å²) in [6.07, 6.45) is 0.834. The van der Waals surface area contributed by atoms with Gasteiger partial charge in [-0.2, -0.15) is 0 Å². The van der Waals surface area contributed by atoms with Gasteiger partial charge in [0.15, 0.2) is 0 Å². The van der Waals surface area contributed by atoms with Gasteiger partial charge in [-0.15, -0.1) is 0 Å². The molecular weight excluding hydrogens is 362 g/mol. The number of anilines is 1. The van der Waals surface area contributed by atoms with Crippen LogP contribution >= 0.6 is 0 Å². The van der Waals surface area contributed by atoms with E-state index in [9.17, 15) is 9.59 Å². The zero-order valence-corrected chi connectivity index (χ0v) is 17.1. The highest BCUT2D eigenvalue weighted by molar-refractivity contribution is 5.80. The second kappa shape index (κ2) is 8.11. The van der Waals surface area contributed by atoms with Gasteiger partial charge in [0.05, 0.1) is 0 Å². The Morgan fingerprint density at radius 3 is 2.48 bits per heavy atom. The van der Waals surface area contributed by atoms with Crippen molar-refractivity contribution < 1.29 is 4.79 Å². The normalized spacial score (nSPS) is 14.4. The summed E-state index contributed by atoms with van der Waals surface area (Å²) < 4.78 is 0. The number of carbonyl (C=O) groups is 1. The zero-order chi connectivity index (χ0) is 20.4. The third-order valence-electron chi connectivity index (χ3n) is 5.68. The summed E-state index contributed by atoms with van der Waals surface area (Å²) in [5.74, 6) is 0.123. The standard InChI is InChI=1S/C24H27N3O2/c1-17-4-3-5-21(15-17)26-10-12-27(13-11-26)23(28)9-7-19-16-20-14-18(2)6-8-22(20)25-24(19)29/h3-6,8,14-16H,7,9-13H2,1-2H3,(H,25,29). The molecule has 150 valence electrons. The highest BCUT2D eigenvalue weighted by Crippen LogP contribution is 2.18. The van der Waals surface area contributed by atoms with E-state index in [0.29, 0.717) is 18.4 Å². The number of hydrogen-bond donors (Lipinski definition) is 1. The van der Waals surface area contributed by atoms with Crippen LogP contribution in [0.3, 0.4) is 0 Å². The molecule has 1 aromatic heterocycles. The minimum absolute atomic E-state index is 0.0987. The van der Waals surface area contributed by atoms with E-state index in [1.54, 1.807) is 0 Å². The van der Waals surface area contributed by atoms with Crippen molar-refractivity contribution >= 4 is 22.5 Å². The minimum Gasteiger partial charge on any atom is -0.368 e. The largest absolute Gasteiger partial charge is 0.368 e. The fourth-order valence-electron chi connectivity index (χ4n) is 4.00. The molecule has 2 aromatic carbocycles. The number of H-pyrrole nitrogens is 1. The number of carbonyl (C=O) groups excluding carboxylic acids is 1. The van der Waals surface area contributed by atoms with Crippen LogP contribution in [0.15, 0.2) is 53.3 Å². The van der Waals surface area contributed by atoms with E-state index < -0.39 is 0 Å². The first-order valence-corrected chi connectivity index (χ1v) is 10.2. The number of nitrogens with one attached hydrogen (secondary N) is 1. The Morgan fingerprint density at radius 2 is 1.72 bits per heavy atom. The maximum atomic E-state index is 12.7. The molecule has 1 aliphatic heterocycles. The smallest absolute Gasteiger partial charge is 0.251 e. The molecule has 3 aromatic rings. The highest BCUT2D eigenvalue weighted by Gasteiger charge is 2.21. The molecule has 0 spiro atoms. The number of aryl methyl sites for hydroxylation is 3. The molecule has 5 heteroatoms. The van der Waals surface area contributed by atoms with Crippen molar-refractivity contribution in [1.29, 1.82) is 0 Å². The average Bonchev–Trinajstić information content (AvgIpc) is 2.72. The van der Waals surface area contributed by atoms with Crippen LogP contribution in [0, 0.1) is 13.8 Å². The highest BCUT2D eigenvalue weighted by atomic mass is 16.2. The lowest BCUT2D eigenvalue weighted by atomic mass is 10.1. The molecule has 0 saturated carbocycles. The first-order valence-electron chi connectivity index (χ1n) is 10.2. The van der Waals surface area contributed by atoms with Crippen LogP contribution in [0.25, 0.3) is 10.9 Å². The first-order chi connectivity index (χ1) is 14.0. The van der Waals surface area contributed by atoms with Gasteiger partial charge >= 0.3 is 0 Å². The van der Waals surface area contributed by atoms with Gasteiger partial charge in [0.25, 0.3) is 5.56 Å². The molecule has 0 atom stereocenters. The van der Waals surface area contributed by atoms with E-state index in [4.69, 9.17) is 0 Å². The van der Waals surface area contributed by atoms with Gasteiger partial charge in [-0.3, -0.25) is 9.59 Å². The van der Waals surface area contributed by atoms with E-state index in [1.165, 1.54) is 11.3 Å². The van der Waals surface area contributed by atoms with Crippen molar-refractivity contribution in [2.75, 3.05) is 31.1 Å². The van der Waals surface area contributed by atoms with Gasteiger partial charge < -0.3 is 14.8 Å². The van der Waals surface area contributed by atoms with Crippen LogP contribution in [0.2, 0.25) is 0 Å². The van der Waals surface area contributed by atoms with Gasteiger partial charge in [0.2, 0.25) is 5.91 Å². The summed E-state index contributed by atoms with van der Waals surface area (Å²) >= 11 is 0. The topological polar surface area (TPSA) is 56.4 Å². The lowest BCUT2D eigenvalue weighted by molar-refractivity contribution is -0.131. The maximum Gasteiger partial charge on any atom is 0.251 e. The van der Waals surface area contributed by atoms with Crippen LogP contribution in [0.4, 0.5) is 5.69 Å². The minimum atomic E-state index is -0.0987. The molecular formula is C24H27N3O2. The second-order valence-corrected chi connectivity index (χ2v) is 7.92. The third kappa shape index (κ3) is 4.34. The number of aromatic nitrogens is 1. The molecule has 1 amide bonds. The monoisotopic (exact) mass is 389 g/mol. The number of pyridine rings is 1. The fraction of sp³-hybridized carbons (Fsp3) is 0.333. The lowest BCUT2D eigenvalue weighted by Gasteiger charge is -2.36. The van der Waals surface area contributed by atoms with Gasteiger partial charge in [-0.25, -0.2) is 0 Å². The van der Waals surface area contributed by atoms with E-state index >= 15 is 0 Å². The van der Waals surface area contributed by atoms with Crippen molar-refractivity contribution in [3.05, 3.63) is 75.6 Å². The van der Waals surface area contributed by atoms with Crippen LogP contribution in [0.5, 0.6) is 0 Å². The number of hydrogen-bond acceptors (Lipinski definition) is 3. The lowest BCUT2D eigenvalue weighted by Crippen LogP contribution is -2.48. The van der Waals surface area contributed by atoms with Crippen LogP contribution in [0.1, 0.15) is 23.1 Å². The second-order valence-electron chi connectivity index (χ2n) is 7.92. The third-order valence-corrected chi connectivity index (χ3v) is 5.68. The Bertz CT molecular complexity index is 1090. The van der Waals surface area contributed by atoms with Crippen LogP contribution < -0.4 is 10.5 Å². The van der Waals surface area contributed by atoms with Crippen molar-refractivity contribution in [3.63, 3.8) is 0 Å². The molecule has 2 heterocycles. The maximum absolute atomic E-state index is 12.7. The Hall–Kier alpha value is -3.08. The summed E-state index contributed by atoms with van der Waals surface area (Å²) in [5.41, 5.74) is 5.03. The van der Waals surface area contributed by atoms with Crippen molar-refractivity contribution in [2.24, 2.45) is 0 Å². The average molecular weight is 389 g/mol. The van der Waals surface area contributed by atoms with Gasteiger partial charge in [-0.05, 0) is 61.5 Å². The van der Waals surface area contributed by atoms with Gasteiger partial charge in [0, 0.05) is 49.4 Å². The van der Waals surface area contributed by atoms with Crippen molar-refractivity contribution in [3.8, 4) is 0 Å². The van der Waals surface area contributed by atoms with Crippen molar-refractivity contribution in [2.45, 2.75) is 26.7 Å². The summed E-state index contributed by atoms with van der Waals surface area (Å²) in [7, 11) is 0. The van der Waals surface area contributed by atoms with Crippen molar-refractivity contribution in [1.82, 2.24) is 9.88 Å². The number of nitrogens with zero attached hydrogens (tertiary/aromatic N) is 2. The Kier molecular flexibility index (Phi) is 5.38. The summed E-state index contributed by atoms with van der Waals surface area (Å²) in [4.78, 5) is 32.2. The predicted molar refractivity (Wildman–Crippen MR) is 118 cm³/mol. The predicted octanol–water partition coefficient (Wildman–Crippen LogP) is 3.43. The van der Waals surface area contributed by atoms with Crippen LogP contribution in [-0.4, -0.2) is 42.0 Å². The Balaban J connectivity index is 1.36. The summed E-state index contributed by atoms with van der Waals surface area (Å²) in [6, 6.07) is 16.4. The first kappa shape index (κ1) is 19.2. The fourth-order valence-corrected chi connectivity index (χ4v) is 4.00. The molecule has 1 saturated heterocycles. The molecule has 1 aliphatic rings. The van der Waals surface area contributed by atoms with E-state index in [1.807, 2.05) is 30.0 Å². The molecule has 0 radical (unpaired) electrons. The number of aromatic amines is 1. The number of rotatable bonds is 4. The quantitative estimate of drug-likeness (QED) is 0.744. The molecule has 0 bridgehead atoms. The molecule has 1 fully saturated rings. The Labute approximate surface area is 171 Å². The van der Waals surface area contributed by atoms with Gasteiger partial charge in [0.1, 0.15) is 0 Å². The Morgan fingerprint density at radius 1 is 0.966 bits per heavy atom. The number of piperazine rings is 1. The zero-order valence-electron chi connectivity index (χ0n) is 17.1. The molecule has 1 N–H and O–H groups in total. The molecule has 4 rings (SSSR count). The number of fused-ring (bicyclic) bond motifs is 1. The van der Waals surface area contributed by atoms with Crippen LogP contribution in [-0.2, 0) is 11.2 Å². The summed E-state index contributed by atoms with van der Waals surface area (Å²) in [5, 5.41) is 1.01. The number of benzene rings is 2. The molecule has 29 heavy (non-hydrogen) atoms. The number of amides is 1. The molecule has 5 nitrogen and oxygen atoms in total. The molecule has 0 unspecified atom stereocenters.